The lowest BCUT2D eigenvalue weighted by Crippen LogP contribution is -2.38. The third kappa shape index (κ3) is 5.63. The molecule has 0 radical (unpaired) electrons. The van der Waals surface area contributed by atoms with Gasteiger partial charge >= 0.3 is 0 Å². The van der Waals surface area contributed by atoms with E-state index in [0.717, 1.165) is 17.7 Å². The van der Waals surface area contributed by atoms with Gasteiger partial charge in [0.2, 0.25) is 0 Å². The third-order valence-corrected chi connectivity index (χ3v) is 4.28. The van der Waals surface area contributed by atoms with Crippen LogP contribution in [0.5, 0.6) is 5.75 Å². The van der Waals surface area contributed by atoms with Crippen molar-refractivity contribution in [3.05, 3.63) is 65.2 Å². The van der Waals surface area contributed by atoms with Crippen molar-refractivity contribution in [1.29, 1.82) is 0 Å². The Morgan fingerprint density at radius 2 is 1.80 bits per heavy atom. The van der Waals surface area contributed by atoms with Gasteiger partial charge in [-0.1, -0.05) is 52.0 Å². The second kappa shape index (κ2) is 8.19. The van der Waals surface area contributed by atoms with Gasteiger partial charge in [0.05, 0.1) is 6.04 Å². The maximum absolute atomic E-state index is 12.5. The van der Waals surface area contributed by atoms with Crippen LogP contribution in [0.4, 0.5) is 0 Å². The number of nitrogens with one attached hydrogen (secondary N) is 1. The molecule has 25 heavy (non-hydrogen) atoms. The fourth-order valence-electron chi connectivity index (χ4n) is 2.55. The maximum atomic E-state index is 12.5. The number of hydrogen-bond acceptors (Lipinski definition) is 2. The van der Waals surface area contributed by atoms with Gasteiger partial charge in [0, 0.05) is 5.56 Å². The summed E-state index contributed by atoms with van der Waals surface area (Å²) in [6, 6.07) is 15.8. The van der Waals surface area contributed by atoms with Crippen LogP contribution in [0.2, 0.25) is 0 Å². The van der Waals surface area contributed by atoms with Gasteiger partial charge < -0.3 is 10.1 Å². The monoisotopic (exact) mass is 339 g/mol. The molecule has 2 aromatic rings. The minimum atomic E-state index is -0.0554. The number of amides is 1. The van der Waals surface area contributed by atoms with Crippen LogP contribution in [0.25, 0.3) is 0 Å². The van der Waals surface area contributed by atoms with Crippen molar-refractivity contribution in [2.45, 2.75) is 52.5 Å². The summed E-state index contributed by atoms with van der Waals surface area (Å²) in [5, 5.41) is 3.06. The molecule has 0 aliphatic carbocycles. The molecule has 134 valence electrons. The molecule has 2 rings (SSSR count). The second-order valence-corrected chi connectivity index (χ2v) is 7.53. The Hall–Kier alpha value is -2.29. The first-order valence-corrected chi connectivity index (χ1v) is 8.90. The van der Waals surface area contributed by atoms with Crippen LogP contribution in [0, 0.1) is 6.92 Å². The van der Waals surface area contributed by atoms with Gasteiger partial charge in [-0.2, -0.15) is 0 Å². The normalized spacial score (nSPS) is 12.5. The summed E-state index contributed by atoms with van der Waals surface area (Å²) in [4.78, 5) is 12.5. The van der Waals surface area contributed by atoms with E-state index in [9.17, 15) is 4.79 Å². The molecule has 0 heterocycles. The molecule has 0 saturated carbocycles. The first-order chi connectivity index (χ1) is 11.8. The molecule has 1 amide bonds. The first kappa shape index (κ1) is 19.0. The van der Waals surface area contributed by atoms with Gasteiger partial charge in [-0.3, -0.25) is 4.79 Å². The molecule has 0 aliphatic rings. The fraction of sp³-hybridized carbons (Fsp3) is 0.409. The van der Waals surface area contributed by atoms with Crippen molar-refractivity contribution in [3.8, 4) is 5.75 Å². The highest BCUT2D eigenvalue weighted by Gasteiger charge is 2.16. The van der Waals surface area contributed by atoms with Crippen LogP contribution in [0.1, 0.15) is 55.6 Å². The molecule has 0 fully saturated rings. The van der Waals surface area contributed by atoms with Gasteiger partial charge in [0.1, 0.15) is 12.4 Å². The number of benzene rings is 2. The summed E-state index contributed by atoms with van der Waals surface area (Å²) in [5.41, 5.74) is 3.15. The van der Waals surface area contributed by atoms with E-state index < -0.39 is 0 Å². The van der Waals surface area contributed by atoms with E-state index in [1.54, 1.807) is 0 Å². The topological polar surface area (TPSA) is 38.3 Å². The maximum Gasteiger partial charge on any atom is 0.251 e. The number of carbonyl (C=O) groups excluding carboxylic acids is 1. The van der Waals surface area contributed by atoms with E-state index in [1.807, 2.05) is 62.4 Å². The Bertz CT molecular complexity index is 699. The van der Waals surface area contributed by atoms with Crippen molar-refractivity contribution in [2.24, 2.45) is 0 Å². The molecular weight excluding hydrogens is 310 g/mol. The highest BCUT2D eigenvalue weighted by Crippen LogP contribution is 2.22. The summed E-state index contributed by atoms with van der Waals surface area (Å²) < 4.78 is 5.83. The highest BCUT2D eigenvalue weighted by atomic mass is 16.5. The molecule has 0 bridgehead atoms. The van der Waals surface area contributed by atoms with Crippen LogP contribution in [0.15, 0.2) is 48.5 Å². The number of rotatable bonds is 6. The van der Waals surface area contributed by atoms with E-state index in [-0.39, 0.29) is 17.4 Å². The Morgan fingerprint density at radius 3 is 2.36 bits per heavy atom. The largest absolute Gasteiger partial charge is 0.491 e. The lowest BCUT2D eigenvalue weighted by Gasteiger charge is -2.20. The van der Waals surface area contributed by atoms with Gasteiger partial charge in [-0.15, -0.1) is 0 Å². The lowest BCUT2D eigenvalue weighted by atomic mass is 9.86. The van der Waals surface area contributed by atoms with Crippen LogP contribution < -0.4 is 10.1 Å². The number of ether oxygens (including phenoxy) is 1. The molecular formula is C22H29NO2. The van der Waals surface area contributed by atoms with Gasteiger partial charge in [0.25, 0.3) is 5.91 Å². The molecule has 1 N–H and O–H groups in total. The van der Waals surface area contributed by atoms with Crippen molar-refractivity contribution in [3.63, 3.8) is 0 Å². The van der Waals surface area contributed by atoms with Crippen LogP contribution in [-0.4, -0.2) is 18.6 Å². The molecule has 0 aromatic heterocycles. The predicted molar refractivity (Wildman–Crippen MR) is 103 cm³/mol. The Morgan fingerprint density at radius 1 is 1.12 bits per heavy atom. The van der Waals surface area contributed by atoms with Crippen LogP contribution in [0.3, 0.4) is 0 Å². The summed E-state index contributed by atoms with van der Waals surface area (Å²) in [6.45, 7) is 11.0. The minimum Gasteiger partial charge on any atom is -0.491 e. The van der Waals surface area contributed by atoms with E-state index in [4.69, 9.17) is 4.74 Å². The van der Waals surface area contributed by atoms with Gasteiger partial charge in [0.15, 0.2) is 0 Å². The summed E-state index contributed by atoms with van der Waals surface area (Å²) in [5.74, 6) is 0.780. The number of aryl methyl sites for hydroxylation is 1. The van der Waals surface area contributed by atoms with E-state index in [1.165, 1.54) is 5.56 Å². The summed E-state index contributed by atoms with van der Waals surface area (Å²) >= 11 is 0. The van der Waals surface area contributed by atoms with Crippen LogP contribution in [-0.2, 0) is 5.41 Å². The van der Waals surface area contributed by atoms with Crippen molar-refractivity contribution in [1.82, 2.24) is 5.32 Å². The standard InChI is InChI=1S/C22H29NO2/c1-6-19(15-25-20-9-7-8-16(2)14-20)23-21(24)17-10-12-18(13-11-17)22(3,4)5/h7-14,19H,6,15H2,1-5H3,(H,23,24)/t19-/m1/s1. The molecule has 1 atom stereocenters. The second-order valence-electron chi connectivity index (χ2n) is 7.53. The predicted octanol–water partition coefficient (Wildman–Crippen LogP) is 4.88. The molecule has 2 aromatic carbocycles. The molecule has 0 aliphatic heterocycles. The number of hydrogen-bond donors (Lipinski definition) is 1. The molecule has 0 saturated heterocycles. The smallest absolute Gasteiger partial charge is 0.251 e. The summed E-state index contributed by atoms with van der Waals surface area (Å²) in [7, 11) is 0. The SMILES string of the molecule is CC[C@H](COc1cccc(C)c1)NC(=O)c1ccc(C(C)(C)C)cc1. The number of carbonyl (C=O) groups is 1. The Kier molecular flexibility index (Phi) is 6.24. The molecule has 0 unspecified atom stereocenters. The molecule has 3 heteroatoms. The Balaban J connectivity index is 1.95. The minimum absolute atomic E-state index is 0.0182. The fourth-order valence-corrected chi connectivity index (χ4v) is 2.55. The zero-order chi connectivity index (χ0) is 18.4. The van der Waals surface area contributed by atoms with Crippen molar-refractivity contribution in [2.75, 3.05) is 6.61 Å². The zero-order valence-corrected chi connectivity index (χ0v) is 15.9. The Labute approximate surface area is 151 Å². The van der Waals surface area contributed by atoms with E-state index >= 15 is 0 Å². The average Bonchev–Trinajstić information content (AvgIpc) is 2.58. The first-order valence-electron chi connectivity index (χ1n) is 8.90. The molecule has 0 spiro atoms. The average molecular weight is 339 g/mol. The van der Waals surface area contributed by atoms with Crippen molar-refractivity contribution < 1.29 is 9.53 Å². The zero-order valence-electron chi connectivity index (χ0n) is 15.9. The quantitative estimate of drug-likeness (QED) is 0.814. The lowest BCUT2D eigenvalue weighted by molar-refractivity contribution is 0.0920. The highest BCUT2D eigenvalue weighted by molar-refractivity contribution is 5.94. The van der Waals surface area contributed by atoms with Gasteiger partial charge in [-0.25, -0.2) is 0 Å². The van der Waals surface area contributed by atoms with Crippen molar-refractivity contribution >= 4 is 5.91 Å². The van der Waals surface area contributed by atoms with E-state index in [2.05, 4.69) is 26.1 Å². The summed E-state index contributed by atoms with van der Waals surface area (Å²) in [6.07, 6.45) is 0.817. The van der Waals surface area contributed by atoms with Crippen LogP contribution >= 0.6 is 0 Å². The van der Waals surface area contributed by atoms with E-state index in [0.29, 0.717) is 12.2 Å². The van der Waals surface area contributed by atoms with Gasteiger partial charge in [-0.05, 0) is 54.2 Å². The molecule has 3 nitrogen and oxygen atoms in total. The third-order valence-electron chi connectivity index (χ3n) is 4.28.